The number of amides is 1. The molecule has 1 amide bonds. The third-order valence-corrected chi connectivity index (χ3v) is 10.9. The Morgan fingerprint density at radius 3 is 2.55 bits per heavy atom. The monoisotopic (exact) mass is 463 g/mol. The third kappa shape index (κ3) is 4.30. The van der Waals surface area contributed by atoms with E-state index in [9.17, 15) is 14.7 Å². The van der Waals surface area contributed by atoms with Crippen molar-refractivity contribution in [3.8, 4) is 0 Å². The van der Waals surface area contributed by atoms with Gasteiger partial charge in [-0.3, -0.25) is 4.79 Å². The summed E-state index contributed by atoms with van der Waals surface area (Å²) in [6, 6.07) is 0. The minimum Gasteiger partial charge on any atom is -0.481 e. The lowest BCUT2D eigenvalue weighted by Gasteiger charge is -2.62. The van der Waals surface area contributed by atoms with Crippen molar-refractivity contribution >= 4 is 12.1 Å². The van der Waals surface area contributed by atoms with Gasteiger partial charge in [-0.2, -0.15) is 0 Å². The van der Waals surface area contributed by atoms with E-state index in [-0.39, 0.29) is 35.6 Å². The maximum atomic E-state index is 12.0. The first kappa shape index (κ1) is 24.8. The molecule has 0 radical (unpaired) electrons. The molecule has 6 heteroatoms. The van der Waals surface area contributed by atoms with Crippen molar-refractivity contribution in [2.24, 2.45) is 46.3 Å². The molecule has 0 aliphatic heterocycles. The lowest BCUT2D eigenvalue weighted by Crippen LogP contribution is -2.59. The number of aliphatic carboxylic acids is 1. The smallest absolute Gasteiger partial charge is 0.407 e. The van der Waals surface area contributed by atoms with Gasteiger partial charge in [-0.05, 0) is 111 Å². The highest BCUT2D eigenvalue weighted by molar-refractivity contribution is 5.67. The quantitative estimate of drug-likeness (QED) is 0.501. The van der Waals surface area contributed by atoms with E-state index in [0.29, 0.717) is 48.5 Å². The van der Waals surface area contributed by atoms with E-state index in [4.69, 9.17) is 9.84 Å². The van der Waals surface area contributed by atoms with Gasteiger partial charge in [-0.25, -0.2) is 4.79 Å². The van der Waals surface area contributed by atoms with Crippen molar-refractivity contribution in [3.05, 3.63) is 0 Å². The van der Waals surface area contributed by atoms with Gasteiger partial charge >= 0.3 is 12.1 Å². The predicted octanol–water partition coefficient (Wildman–Crippen LogP) is 5.23. The van der Waals surface area contributed by atoms with Gasteiger partial charge in [0.15, 0.2) is 0 Å². The van der Waals surface area contributed by atoms with E-state index in [0.717, 1.165) is 32.1 Å². The van der Waals surface area contributed by atoms with Crippen LogP contribution < -0.4 is 5.32 Å². The number of carbonyl (C=O) groups excluding carboxylic acids is 1. The molecular formula is C27H45NO5. The van der Waals surface area contributed by atoms with Gasteiger partial charge in [0.2, 0.25) is 0 Å². The highest BCUT2D eigenvalue weighted by Gasteiger charge is 2.63. The Hall–Kier alpha value is -1.30. The number of hydrogen-bond acceptors (Lipinski definition) is 4. The fourth-order valence-electron chi connectivity index (χ4n) is 9.14. The number of hydrogen-bond donors (Lipinski definition) is 3. The third-order valence-electron chi connectivity index (χ3n) is 10.9. The van der Waals surface area contributed by atoms with Crippen molar-refractivity contribution in [3.63, 3.8) is 0 Å². The molecule has 0 aromatic rings. The van der Waals surface area contributed by atoms with Gasteiger partial charge in [0.25, 0.3) is 0 Å². The second kappa shape index (κ2) is 9.39. The van der Waals surface area contributed by atoms with Crippen LogP contribution in [-0.4, -0.2) is 41.0 Å². The number of carboxylic acid groups (broad SMARTS) is 1. The number of carbonyl (C=O) groups is 2. The zero-order valence-electron chi connectivity index (χ0n) is 21.0. The zero-order chi connectivity index (χ0) is 24.0. The van der Waals surface area contributed by atoms with Crippen LogP contribution in [0.1, 0.15) is 91.9 Å². The summed E-state index contributed by atoms with van der Waals surface area (Å²) in [5, 5.41) is 23.5. The Morgan fingerprint density at radius 2 is 1.85 bits per heavy atom. The summed E-state index contributed by atoms with van der Waals surface area (Å²) in [4.78, 5) is 23.1. The average Bonchev–Trinajstić information content (AvgIpc) is 3.12. The normalized spacial score (nSPS) is 45.3. The van der Waals surface area contributed by atoms with Crippen LogP contribution in [0.5, 0.6) is 0 Å². The lowest BCUT2D eigenvalue weighted by atomic mass is 9.43. The minimum absolute atomic E-state index is 0.0101. The molecule has 4 saturated carbocycles. The molecule has 0 heterocycles. The lowest BCUT2D eigenvalue weighted by molar-refractivity contribution is -0.175. The molecule has 4 aliphatic carbocycles. The van der Waals surface area contributed by atoms with E-state index >= 15 is 0 Å². The highest BCUT2D eigenvalue weighted by Crippen LogP contribution is 2.68. The van der Waals surface area contributed by atoms with Crippen molar-refractivity contribution in [2.45, 2.75) is 104 Å². The van der Waals surface area contributed by atoms with E-state index in [2.05, 4.69) is 26.1 Å². The SMILES string of the molecule is CCNC(=O)O[C@@H]1CC[C@@]2(C)[C@H](CC[C@@H]3[C@@H]2C[C@H](O)[C@]2(C)[C@@H]([C@H](C)CCC(=O)O)CC[C@@H]32)C1. The molecule has 6 nitrogen and oxygen atoms in total. The standard InChI is InChI=1S/C27H45NO5/c1-5-28-25(32)33-18-12-13-26(3)17(14-18)7-8-19-21-10-9-20(16(2)6-11-24(30)31)27(21,4)23(29)15-22(19)26/h16-23,29H,5-15H2,1-4H3,(H,28,32)(H,30,31)/t16-,17-,18-,19+,20-,21+,22+,23+,26+,27-/m1/s1. The fourth-order valence-corrected chi connectivity index (χ4v) is 9.14. The van der Waals surface area contributed by atoms with Crippen LogP contribution in [0.4, 0.5) is 4.79 Å². The minimum atomic E-state index is -0.719. The maximum absolute atomic E-state index is 12.0. The highest BCUT2D eigenvalue weighted by atomic mass is 16.6. The summed E-state index contributed by atoms with van der Waals surface area (Å²) in [7, 11) is 0. The van der Waals surface area contributed by atoms with E-state index in [1.165, 1.54) is 19.3 Å². The van der Waals surface area contributed by atoms with Gasteiger partial charge in [-0.15, -0.1) is 0 Å². The van der Waals surface area contributed by atoms with Crippen LogP contribution in [0.15, 0.2) is 0 Å². The van der Waals surface area contributed by atoms with Gasteiger partial charge in [0, 0.05) is 13.0 Å². The summed E-state index contributed by atoms with van der Waals surface area (Å²) in [5.74, 6) is 2.28. The molecule has 3 N–H and O–H groups in total. The molecule has 4 fully saturated rings. The van der Waals surface area contributed by atoms with E-state index < -0.39 is 5.97 Å². The Morgan fingerprint density at radius 1 is 1.09 bits per heavy atom. The number of fused-ring (bicyclic) bond motifs is 5. The van der Waals surface area contributed by atoms with Crippen molar-refractivity contribution in [1.29, 1.82) is 0 Å². The molecule has 0 saturated heterocycles. The summed E-state index contributed by atoms with van der Waals surface area (Å²) in [5.41, 5.74) is 0.111. The van der Waals surface area contributed by atoms with Gasteiger partial charge < -0.3 is 20.3 Å². The summed E-state index contributed by atoms with van der Waals surface area (Å²) >= 11 is 0. The largest absolute Gasteiger partial charge is 0.481 e. The molecule has 188 valence electrons. The number of rotatable bonds is 6. The van der Waals surface area contributed by atoms with Gasteiger partial charge in [0.1, 0.15) is 6.10 Å². The van der Waals surface area contributed by atoms with Crippen LogP contribution in [-0.2, 0) is 9.53 Å². The van der Waals surface area contributed by atoms with Crippen LogP contribution in [0.25, 0.3) is 0 Å². The molecule has 0 spiro atoms. The van der Waals surface area contributed by atoms with Crippen LogP contribution in [0.2, 0.25) is 0 Å². The number of aliphatic hydroxyl groups is 1. The van der Waals surface area contributed by atoms with Crippen LogP contribution in [0, 0.1) is 46.3 Å². The molecule has 4 rings (SSSR count). The fraction of sp³-hybridized carbons (Fsp3) is 0.926. The Labute approximate surface area is 199 Å². The topological polar surface area (TPSA) is 95.9 Å². The second-order valence-corrected chi connectivity index (χ2v) is 12.2. The van der Waals surface area contributed by atoms with Gasteiger partial charge in [0.05, 0.1) is 6.10 Å². The van der Waals surface area contributed by atoms with Crippen molar-refractivity contribution in [1.82, 2.24) is 5.32 Å². The number of aliphatic hydroxyl groups excluding tert-OH is 1. The molecule has 0 aromatic heterocycles. The Balaban J connectivity index is 1.47. The molecule has 4 aliphatic rings. The first-order chi connectivity index (χ1) is 15.6. The zero-order valence-corrected chi connectivity index (χ0v) is 21.0. The average molecular weight is 464 g/mol. The summed E-state index contributed by atoms with van der Waals surface area (Å²) < 4.78 is 5.71. The predicted molar refractivity (Wildman–Crippen MR) is 127 cm³/mol. The molecule has 0 bridgehead atoms. The maximum Gasteiger partial charge on any atom is 0.407 e. The molecule has 0 unspecified atom stereocenters. The molecule has 10 atom stereocenters. The van der Waals surface area contributed by atoms with Crippen molar-refractivity contribution < 1.29 is 24.5 Å². The number of alkyl carbamates (subject to hydrolysis) is 1. The number of carboxylic acids is 1. The first-order valence-corrected chi connectivity index (χ1v) is 13.5. The number of ether oxygens (including phenoxy) is 1. The van der Waals surface area contributed by atoms with Gasteiger partial charge in [-0.1, -0.05) is 20.8 Å². The van der Waals surface area contributed by atoms with E-state index in [1.54, 1.807) is 0 Å². The molecular weight excluding hydrogens is 418 g/mol. The summed E-state index contributed by atoms with van der Waals surface area (Å²) in [6.45, 7) is 9.47. The first-order valence-electron chi connectivity index (χ1n) is 13.5. The Kier molecular flexibility index (Phi) is 7.06. The van der Waals surface area contributed by atoms with E-state index in [1.807, 2.05) is 6.92 Å². The van der Waals surface area contributed by atoms with Crippen LogP contribution >= 0.6 is 0 Å². The Bertz CT molecular complexity index is 742. The molecule has 0 aromatic carbocycles. The molecule has 33 heavy (non-hydrogen) atoms. The second-order valence-electron chi connectivity index (χ2n) is 12.2. The van der Waals surface area contributed by atoms with Crippen LogP contribution in [0.3, 0.4) is 0 Å². The van der Waals surface area contributed by atoms with Crippen molar-refractivity contribution in [2.75, 3.05) is 6.54 Å². The number of nitrogens with one attached hydrogen (secondary N) is 1. The summed E-state index contributed by atoms with van der Waals surface area (Å²) in [6.07, 6.45) is 8.81.